The molecule has 0 aliphatic heterocycles. The molecule has 0 radical (unpaired) electrons. The quantitative estimate of drug-likeness (QED) is 0.232. The summed E-state index contributed by atoms with van der Waals surface area (Å²) in [5.41, 5.74) is 10.3. The van der Waals surface area contributed by atoms with Crippen LogP contribution in [0.3, 0.4) is 0 Å². The van der Waals surface area contributed by atoms with E-state index in [1.165, 1.54) is 0 Å². The van der Waals surface area contributed by atoms with Crippen LogP contribution in [0.4, 0.5) is 0 Å². The molecule has 0 aliphatic carbocycles. The second-order valence-corrected chi connectivity index (χ2v) is 6.36. The van der Waals surface area contributed by atoms with Crippen molar-refractivity contribution in [3.63, 3.8) is 0 Å². The van der Waals surface area contributed by atoms with Gasteiger partial charge in [0, 0.05) is 6.54 Å². The van der Waals surface area contributed by atoms with Gasteiger partial charge in [-0.3, -0.25) is 9.79 Å². The van der Waals surface area contributed by atoms with Crippen molar-refractivity contribution < 1.29 is 18.3 Å². The lowest BCUT2D eigenvalue weighted by atomic mass is 10.2. The largest absolute Gasteiger partial charge is 0.480 e. The van der Waals surface area contributed by atoms with Gasteiger partial charge in [-0.1, -0.05) is 19.8 Å². The number of carboxylic acids is 1. The molecule has 8 nitrogen and oxygen atoms in total. The number of hydrogen-bond acceptors (Lipinski definition) is 4. The molecule has 0 saturated heterocycles. The number of rotatable bonds is 11. The van der Waals surface area contributed by atoms with Crippen LogP contribution in [0.2, 0.25) is 0 Å². The van der Waals surface area contributed by atoms with E-state index in [2.05, 4.69) is 9.71 Å². The zero-order chi connectivity index (χ0) is 15.6. The number of carboxylic acid groups (broad SMARTS) is 1. The maximum absolute atomic E-state index is 11.7. The van der Waals surface area contributed by atoms with Gasteiger partial charge < -0.3 is 16.6 Å². The molecule has 0 bridgehead atoms. The van der Waals surface area contributed by atoms with Gasteiger partial charge in [0.15, 0.2) is 5.96 Å². The van der Waals surface area contributed by atoms with Gasteiger partial charge in [0.2, 0.25) is 10.0 Å². The van der Waals surface area contributed by atoms with Crippen molar-refractivity contribution in [2.45, 2.75) is 45.1 Å². The third-order valence-electron chi connectivity index (χ3n) is 2.58. The predicted molar refractivity (Wildman–Crippen MR) is 77.8 cm³/mol. The van der Waals surface area contributed by atoms with E-state index >= 15 is 0 Å². The molecule has 1 atom stereocenters. The number of hydrogen-bond donors (Lipinski definition) is 4. The lowest BCUT2D eigenvalue weighted by molar-refractivity contribution is -0.139. The summed E-state index contributed by atoms with van der Waals surface area (Å²) in [4.78, 5) is 14.7. The molecule has 0 saturated carbocycles. The Balaban J connectivity index is 4.32. The Bertz CT molecular complexity index is 418. The van der Waals surface area contributed by atoms with Gasteiger partial charge in [-0.2, -0.15) is 0 Å². The summed E-state index contributed by atoms with van der Waals surface area (Å²) in [6.45, 7) is 2.23. The highest BCUT2D eigenvalue weighted by Crippen LogP contribution is 2.03. The normalized spacial score (nSPS) is 12.8. The van der Waals surface area contributed by atoms with E-state index in [-0.39, 0.29) is 24.7 Å². The van der Waals surface area contributed by atoms with Crippen molar-refractivity contribution in [1.29, 1.82) is 0 Å². The average molecular weight is 308 g/mol. The van der Waals surface area contributed by atoms with Crippen LogP contribution < -0.4 is 16.2 Å². The van der Waals surface area contributed by atoms with Gasteiger partial charge in [0.1, 0.15) is 6.04 Å². The fraction of sp³-hybridized carbons (Fsp3) is 0.818. The summed E-state index contributed by atoms with van der Waals surface area (Å²) in [6.07, 6.45) is 2.73. The van der Waals surface area contributed by atoms with Crippen LogP contribution in [0.25, 0.3) is 0 Å². The van der Waals surface area contributed by atoms with Gasteiger partial charge in [0.25, 0.3) is 0 Å². The van der Waals surface area contributed by atoms with Crippen LogP contribution in [0.15, 0.2) is 4.99 Å². The number of guanidine groups is 1. The number of unbranched alkanes of at least 4 members (excludes halogenated alkanes) is 2. The van der Waals surface area contributed by atoms with Crippen LogP contribution in [0.5, 0.6) is 0 Å². The molecule has 0 aromatic heterocycles. The van der Waals surface area contributed by atoms with E-state index in [9.17, 15) is 13.2 Å². The maximum atomic E-state index is 11.7. The smallest absolute Gasteiger partial charge is 0.321 e. The number of nitrogens with one attached hydrogen (secondary N) is 1. The SMILES string of the molecule is CCCCCS(=O)(=O)N[C@@H](CCCN=C(N)N)C(=O)O. The van der Waals surface area contributed by atoms with E-state index < -0.39 is 22.0 Å². The number of nitrogens with zero attached hydrogens (tertiary/aromatic N) is 1. The molecule has 0 fully saturated rings. The lowest BCUT2D eigenvalue weighted by Crippen LogP contribution is -2.41. The van der Waals surface area contributed by atoms with E-state index in [0.29, 0.717) is 12.8 Å². The molecule has 0 amide bonds. The minimum atomic E-state index is -3.57. The zero-order valence-corrected chi connectivity index (χ0v) is 12.5. The van der Waals surface area contributed by atoms with Gasteiger partial charge >= 0.3 is 5.97 Å². The number of aliphatic carboxylic acids is 1. The van der Waals surface area contributed by atoms with Gasteiger partial charge in [-0.05, 0) is 19.3 Å². The summed E-state index contributed by atoms with van der Waals surface area (Å²) >= 11 is 0. The zero-order valence-electron chi connectivity index (χ0n) is 11.7. The molecule has 0 aromatic carbocycles. The first-order valence-electron chi connectivity index (χ1n) is 6.56. The molecule has 0 aliphatic rings. The number of nitrogens with two attached hydrogens (primary N) is 2. The Hall–Kier alpha value is -1.35. The minimum Gasteiger partial charge on any atom is -0.480 e. The molecule has 0 heterocycles. The Morgan fingerprint density at radius 3 is 2.45 bits per heavy atom. The van der Waals surface area contributed by atoms with Crippen molar-refractivity contribution in [3.05, 3.63) is 0 Å². The summed E-state index contributed by atoms with van der Waals surface area (Å²) in [5.74, 6) is -1.33. The van der Waals surface area contributed by atoms with Crippen molar-refractivity contribution in [2.75, 3.05) is 12.3 Å². The first-order valence-corrected chi connectivity index (χ1v) is 8.22. The fourth-order valence-electron chi connectivity index (χ4n) is 1.55. The van der Waals surface area contributed by atoms with E-state index in [0.717, 1.165) is 12.8 Å². The summed E-state index contributed by atoms with van der Waals surface area (Å²) in [6, 6.07) is -1.14. The highest BCUT2D eigenvalue weighted by molar-refractivity contribution is 7.89. The van der Waals surface area contributed by atoms with Crippen LogP contribution >= 0.6 is 0 Å². The third-order valence-corrected chi connectivity index (χ3v) is 4.05. The fourth-order valence-corrected chi connectivity index (χ4v) is 2.91. The summed E-state index contributed by atoms with van der Waals surface area (Å²) in [5, 5.41) is 9.00. The molecule has 20 heavy (non-hydrogen) atoms. The maximum Gasteiger partial charge on any atom is 0.321 e. The van der Waals surface area contributed by atoms with Crippen molar-refractivity contribution in [2.24, 2.45) is 16.5 Å². The Morgan fingerprint density at radius 1 is 1.30 bits per heavy atom. The Labute approximate surface area is 119 Å². The number of carbonyl (C=O) groups is 1. The third kappa shape index (κ3) is 9.56. The second-order valence-electron chi connectivity index (χ2n) is 4.48. The molecule has 0 spiro atoms. The standard InChI is InChI=1S/C11H24N4O4S/c1-2-3-4-8-20(18,19)15-9(10(16)17)6-5-7-14-11(12)13/h9,15H,2-8H2,1H3,(H,16,17)(H4,12,13,14)/t9-/m0/s1. The number of sulfonamides is 1. The molecule has 118 valence electrons. The first kappa shape index (κ1) is 18.7. The highest BCUT2D eigenvalue weighted by Gasteiger charge is 2.23. The molecule has 9 heteroatoms. The molecule has 0 unspecified atom stereocenters. The Kier molecular flexibility index (Phi) is 8.89. The first-order chi connectivity index (χ1) is 9.28. The van der Waals surface area contributed by atoms with Gasteiger partial charge in [-0.25, -0.2) is 13.1 Å². The van der Waals surface area contributed by atoms with Crippen molar-refractivity contribution >= 4 is 22.0 Å². The lowest BCUT2D eigenvalue weighted by Gasteiger charge is -2.14. The molecular weight excluding hydrogens is 284 g/mol. The molecule has 6 N–H and O–H groups in total. The second kappa shape index (κ2) is 9.54. The molecule has 0 rings (SSSR count). The van der Waals surface area contributed by atoms with Crippen LogP contribution in [0.1, 0.15) is 39.0 Å². The van der Waals surface area contributed by atoms with Crippen LogP contribution in [-0.2, 0) is 14.8 Å². The summed E-state index contributed by atoms with van der Waals surface area (Å²) in [7, 11) is -3.57. The topological polar surface area (TPSA) is 148 Å². The minimum absolute atomic E-state index is 0.0570. The van der Waals surface area contributed by atoms with E-state index in [1.54, 1.807) is 0 Å². The summed E-state index contributed by atoms with van der Waals surface area (Å²) < 4.78 is 25.6. The molecule has 0 aromatic rings. The predicted octanol–water partition coefficient (Wildman–Crippen LogP) is -0.397. The average Bonchev–Trinajstić information content (AvgIpc) is 2.32. The van der Waals surface area contributed by atoms with E-state index in [1.807, 2.05) is 6.92 Å². The monoisotopic (exact) mass is 308 g/mol. The Morgan fingerprint density at radius 2 is 1.95 bits per heavy atom. The van der Waals surface area contributed by atoms with Gasteiger partial charge in [0.05, 0.1) is 5.75 Å². The highest BCUT2D eigenvalue weighted by atomic mass is 32.2. The van der Waals surface area contributed by atoms with Crippen LogP contribution in [-0.4, -0.2) is 43.8 Å². The van der Waals surface area contributed by atoms with Crippen molar-refractivity contribution in [3.8, 4) is 0 Å². The van der Waals surface area contributed by atoms with E-state index in [4.69, 9.17) is 16.6 Å². The number of aliphatic imine (C=N–C) groups is 1. The molecular formula is C11H24N4O4S. The van der Waals surface area contributed by atoms with Crippen LogP contribution in [0, 0.1) is 0 Å². The van der Waals surface area contributed by atoms with Gasteiger partial charge in [-0.15, -0.1) is 0 Å². The van der Waals surface area contributed by atoms with Crippen molar-refractivity contribution in [1.82, 2.24) is 4.72 Å².